The first-order valence-corrected chi connectivity index (χ1v) is 19.3. The third-order valence-electron chi connectivity index (χ3n) is 10.3. The third-order valence-corrected chi connectivity index (χ3v) is 10.3. The van der Waals surface area contributed by atoms with Crippen molar-refractivity contribution < 1.29 is 42.9 Å². The Morgan fingerprint density at radius 3 is 2.25 bits per heavy atom. The Kier molecular flexibility index (Phi) is 14.8. The summed E-state index contributed by atoms with van der Waals surface area (Å²) in [6, 6.07) is 12.6. The van der Waals surface area contributed by atoms with Crippen molar-refractivity contribution in [3.05, 3.63) is 66.0 Å². The van der Waals surface area contributed by atoms with Crippen molar-refractivity contribution in [3.63, 3.8) is 0 Å². The van der Waals surface area contributed by atoms with E-state index >= 15 is 0 Å². The van der Waals surface area contributed by atoms with Gasteiger partial charge in [-0.1, -0.05) is 6.07 Å². The van der Waals surface area contributed by atoms with Crippen LogP contribution in [-0.2, 0) is 35.6 Å². The van der Waals surface area contributed by atoms with Gasteiger partial charge < -0.3 is 38.1 Å². The number of carbonyl (C=O) groups excluding carboxylic acids is 4. The zero-order chi connectivity index (χ0) is 39.3. The molecule has 1 atom stereocenters. The second-order valence-electron chi connectivity index (χ2n) is 13.9. The molecule has 1 unspecified atom stereocenters. The Morgan fingerprint density at radius 1 is 0.857 bits per heavy atom. The van der Waals surface area contributed by atoms with Crippen molar-refractivity contribution in [2.75, 3.05) is 104 Å². The minimum atomic E-state index is -0.802. The van der Waals surface area contributed by atoms with Gasteiger partial charge in [0, 0.05) is 94.3 Å². The van der Waals surface area contributed by atoms with Gasteiger partial charge >= 0.3 is 0 Å². The molecule has 2 aliphatic rings. The standard InChI is InChI=1S/C41H52N6O9/c1-44-36-10-11-42-28-35(36)33-7-5-31(26-38(33)44)47-15-13-46(14-16-47)12-3-17-52-18-19-53-20-21-54-22-23-55-24-25-56-32-6-4-30(29-48)34(27-32)41(51)45(2)37-8-9-39(49)43-40(37)50/h4-7,10-11,26-29,37H,3,8-9,12-25H2,1-2H3,(H,43,49,50). The molecule has 300 valence electrons. The van der Waals surface area contributed by atoms with Gasteiger partial charge in [-0.25, -0.2) is 0 Å². The van der Waals surface area contributed by atoms with Crippen molar-refractivity contribution in [1.82, 2.24) is 24.7 Å². The number of hydrogen-bond donors (Lipinski definition) is 1. The largest absolute Gasteiger partial charge is 0.491 e. The number of piperidine rings is 1. The molecule has 4 aromatic rings. The Bertz CT molecular complexity index is 1960. The number of nitrogens with zero attached hydrogens (tertiary/aromatic N) is 5. The van der Waals surface area contributed by atoms with Crippen LogP contribution >= 0.6 is 0 Å². The van der Waals surface area contributed by atoms with Crippen molar-refractivity contribution >= 4 is 51.5 Å². The SMILES string of the molecule is CN(C(=O)c1cc(OCCOCCOCCOCCOCCCN2CCN(c3ccc4c5cnccc5n(C)c4c3)CC2)ccc1C=O)C1CCC(=O)NC1=O. The highest BCUT2D eigenvalue weighted by Crippen LogP contribution is 2.31. The molecule has 0 aliphatic carbocycles. The number of aldehydes is 1. The van der Waals surface area contributed by atoms with Gasteiger partial charge in [-0.2, -0.15) is 0 Å². The van der Waals surface area contributed by atoms with Crippen LogP contribution in [0.1, 0.15) is 40.0 Å². The number of rotatable bonds is 21. The predicted octanol–water partition coefficient (Wildman–Crippen LogP) is 3.07. The second kappa shape index (κ2) is 20.3. The summed E-state index contributed by atoms with van der Waals surface area (Å²) < 4.78 is 30.5. The summed E-state index contributed by atoms with van der Waals surface area (Å²) in [5, 5.41) is 4.68. The summed E-state index contributed by atoms with van der Waals surface area (Å²) in [6.07, 6.45) is 5.72. The third kappa shape index (κ3) is 10.5. The van der Waals surface area contributed by atoms with Gasteiger partial charge in [-0.15, -0.1) is 0 Å². The Morgan fingerprint density at radius 2 is 1.55 bits per heavy atom. The molecule has 0 spiro atoms. The lowest BCUT2D eigenvalue weighted by Crippen LogP contribution is -2.53. The van der Waals surface area contributed by atoms with Crippen LogP contribution in [0.3, 0.4) is 0 Å². The highest BCUT2D eigenvalue weighted by molar-refractivity contribution is 6.08. The average Bonchev–Trinajstić information content (AvgIpc) is 3.50. The second-order valence-corrected chi connectivity index (χ2v) is 13.9. The van der Waals surface area contributed by atoms with Crippen LogP contribution in [-0.4, -0.2) is 149 Å². The minimum Gasteiger partial charge on any atom is -0.491 e. The Balaban J connectivity index is 0.748. The summed E-state index contributed by atoms with van der Waals surface area (Å²) in [4.78, 5) is 59.0. The molecule has 56 heavy (non-hydrogen) atoms. The van der Waals surface area contributed by atoms with Crippen LogP contribution in [0.2, 0.25) is 0 Å². The topological polar surface area (TPSA) is 154 Å². The zero-order valence-electron chi connectivity index (χ0n) is 32.3. The van der Waals surface area contributed by atoms with Crippen molar-refractivity contribution in [1.29, 1.82) is 0 Å². The van der Waals surface area contributed by atoms with Crippen molar-refractivity contribution in [2.24, 2.45) is 7.05 Å². The first-order valence-electron chi connectivity index (χ1n) is 19.3. The number of ether oxygens (including phenoxy) is 5. The van der Waals surface area contributed by atoms with E-state index in [4.69, 9.17) is 23.7 Å². The van der Waals surface area contributed by atoms with Crippen LogP contribution in [0.4, 0.5) is 5.69 Å². The molecule has 2 saturated heterocycles. The quantitative estimate of drug-likeness (QED) is 0.0753. The van der Waals surface area contributed by atoms with E-state index in [1.807, 2.05) is 12.4 Å². The van der Waals surface area contributed by atoms with Crippen molar-refractivity contribution in [3.8, 4) is 5.75 Å². The Labute approximate surface area is 326 Å². The fourth-order valence-electron chi connectivity index (χ4n) is 7.14. The van der Waals surface area contributed by atoms with Crippen LogP contribution in [0, 0.1) is 0 Å². The van der Waals surface area contributed by atoms with Crippen LogP contribution in [0.5, 0.6) is 5.75 Å². The summed E-state index contributed by atoms with van der Waals surface area (Å²) in [6.45, 7) is 9.11. The fraction of sp³-hybridized carbons (Fsp3) is 0.488. The summed E-state index contributed by atoms with van der Waals surface area (Å²) in [5.41, 5.74) is 4.00. The van der Waals surface area contributed by atoms with E-state index in [0.29, 0.717) is 64.9 Å². The van der Waals surface area contributed by atoms with E-state index in [0.717, 1.165) is 39.1 Å². The number of likely N-dealkylation sites (N-methyl/N-ethyl adjacent to an activating group) is 1. The van der Waals surface area contributed by atoms with Gasteiger partial charge in [0.2, 0.25) is 11.8 Å². The smallest absolute Gasteiger partial charge is 0.255 e. The summed E-state index contributed by atoms with van der Waals surface area (Å²) in [5.74, 6) is -1.04. The molecule has 3 amide bonds. The van der Waals surface area contributed by atoms with E-state index in [1.165, 1.54) is 51.6 Å². The van der Waals surface area contributed by atoms with Gasteiger partial charge in [0.05, 0.1) is 62.8 Å². The molecular formula is C41H52N6O9. The molecule has 15 heteroatoms. The molecule has 0 radical (unpaired) electrons. The number of nitrogens with one attached hydrogen (secondary N) is 1. The number of carbonyl (C=O) groups is 4. The van der Waals surface area contributed by atoms with Gasteiger partial charge in [0.15, 0.2) is 6.29 Å². The van der Waals surface area contributed by atoms with E-state index in [2.05, 4.69) is 56.0 Å². The molecule has 2 aromatic carbocycles. The predicted molar refractivity (Wildman–Crippen MR) is 210 cm³/mol. The van der Waals surface area contributed by atoms with E-state index in [-0.39, 0.29) is 36.5 Å². The lowest BCUT2D eigenvalue weighted by atomic mass is 10.0. The van der Waals surface area contributed by atoms with Gasteiger partial charge in [0.1, 0.15) is 18.4 Å². The number of pyridine rings is 1. The number of anilines is 1. The maximum Gasteiger partial charge on any atom is 0.255 e. The minimum absolute atomic E-state index is 0.110. The number of imide groups is 1. The number of fused-ring (bicyclic) bond motifs is 3. The summed E-state index contributed by atoms with van der Waals surface area (Å²) >= 11 is 0. The molecule has 2 fully saturated rings. The van der Waals surface area contributed by atoms with Crippen LogP contribution in [0.25, 0.3) is 21.8 Å². The molecular weight excluding hydrogens is 720 g/mol. The zero-order valence-corrected chi connectivity index (χ0v) is 32.3. The average molecular weight is 773 g/mol. The molecule has 4 heterocycles. The molecule has 15 nitrogen and oxygen atoms in total. The van der Waals surface area contributed by atoms with E-state index < -0.39 is 17.9 Å². The van der Waals surface area contributed by atoms with E-state index in [9.17, 15) is 19.2 Å². The maximum absolute atomic E-state index is 13.1. The number of benzene rings is 2. The lowest BCUT2D eigenvalue weighted by Gasteiger charge is -2.36. The molecule has 2 aromatic heterocycles. The number of aromatic nitrogens is 2. The molecule has 0 saturated carbocycles. The van der Waals surface area contributed by atoms with Gasteiger partial charge in [0.25, 0.3) is 5.91 Å². The van der Waals surface area contributed by atoms with Crippen molar-refractivity contribution in [2.45, 2.75) is 25.3 Å². The highest BCUT2D eigenvalue weighted by atomic mass is 16.6. The normalized spacial score (nSPS) is 16.4. The monoisotopic (exact) mass is 772 g/mol. The summed E-state index contributed by atoms with van der Waals surface area (Å²) in [7, 11) is 3.59. The first kappa shape index (κ1) is 40.7. The number of amides is 3. The maximum atomic E-state index is 13.1. The highest BCUT2D eigenvalue weighted by Gasteiger charge is 2.33. The molecule has 2 aliphatic heterocycles. The number of piperazine rings is 1. The van der Waals surface area contributed by atoms with Gasteiger partial charge in [-0.3, -0.25) is 34.4 Å². The number of aryl methyl sites for hydroxylation is 1. The molecule has 0 bridgehead atoms. The molecule has 1 N–H and O–H groups in total. The van der Waals surface area contributed by atoms with E-state index in [1.54, 1.807) is 6.07 Å². The Hall–Kier alpha value is -4.93. The van der Waals surface area contributed by atoms with Crippen LogP contribution < -0.4 is 15.0 Å². The number of hydrogen-bond acceptors (Lipinski definition) is 12. The van der Waals surface area contributed by atoms with Gasteiger partial charge in [-0.05, 0) is 49.2 Å². The fourth-order valence-corrected chi connectivity index (χ4v) is 7.14. The lowest BCUT2D eigenvalue weighted by molar-refractivity contribution is -0.136. The first-order chi connectivity index (χ1) is 27.3. The van der Waals surface area contributed by atoms with Crippen LogP contribution in [0.15, 0.2) is 54.9 Å². The molecule has 6 rings (SSSR count).